The summed E-state index contributed by atoms with van der Waals surface area (Å²) in [5.74, 6) is 0.724. The molecule has 0 aliphatic rings. The standard InChI is InChI=1S/C13H23ClN4/c1-4-18(5-2)8-6-7-11(3)17-13-12(14)9-15-10-16-13/h9-11H,4-8H2,1-3H3,(H,15,16,17). The number of hydrogen-bond donors (Lipinski definition) is 1. The third-order valence-corrected chi connectivity index (χ3v) is 3.33. The van der Waals surface area contributed by atoms with Crippen LogP contribution in [0.1, 0.15) is 33.6 Å². The van der Waals surface area contributed by atoms with Gasteiger partial charge in [0.15, 0.2) is 0 Å². The number of hydrogen-bond acceptors (Lipinski definition) is 4. The molecule has 0 fully saturated rings. The molecule has 5 heteroatoms. The lowest BCUT2D eigenvalue weighted by Gasteiger charge is -2.20. The molecule has 4 nitrogen and oxygen atoms in total. The molecule has 1 N–H and O–H groups in total. The maximum absolute atomic E-state index is 6.00. The first-order valence-corrected chi connectivity index (χ1v) is 6.99. The predicted octanol–water partition coefficient (Wildman–Crippen LogP) is 3.05. The molecule has 0 saturated heterocycles. The lowest BCUT2D eigenvalue weighted by atomic mass is 10.1. The van der Waals surface area contributed by atoms with E-state index >= 15 is 0 Å². The molecule has 18 heavy (non-hydrogen) atoms. The Bertz CT molecular complexity index is 342. The Morgan fingerprint density at radius 3 is 2.72 bits per heavy atom. The summed E-state index contributed by atoms with van der Waals surface area (Å²) in [6.07, 6.45) is 5.41. The minimum absolute atomic E-state index is 0.368. The molecule has 1 heterocycles. The summed E-state index contributed by atoms with van der Waals surface area (Å²) in [4.78, 5) is 10.4. The molecule has 1 rings (SSSR count). The van der Waals surface area contributed by atoms with E-state index in [1.807, 2.05) is 0 Å². The van der Waals surface area contributed by atoms with E-state index in [-0.39, 0.29) is 0 Å². The van der Waals surface area contributed by atoms with Gasteiger partial charge in [-0.25, -0.2) is 9.97 Å². The smallest absolute Gasteiger partial charge is 0.148 e. The number of nitrogens with one attached hydrogen (secondary N) is 1. The Kier molecular flexibility index (Phi) is 6.98. The fourth-order valence-electron chi connectivity index (χ4n) is 1.89. The number of halogens is 1. The van der Waals surface area contributed by atoms with Gasteiger partial charge in [0.05, 0.1) is 6.20 Å². The van der Waals surface area contributed by atoms with Crippen molar-refractivity contribution in [2.24, 2.45) is 0 Å². The van der Waals surface area contributed by atoms with E-state index in [2.05, 4.69) is 41.0 Å². The monoisotopic (exact) mass is 270 g/mol. The second kappa shape index (κ2) is 8.27. The van der Waals surface area contributed by atoms with Gasteiger partial charge < -0.3 is 10.2 Å². The quantitative estimate of drug-likeness (QED) is 0.788. The van der Waals surface area contributed by atoms with Gasteiger partial charge in [0.1, 0.15) is 17.2 Å². The average Bonchev–Trinajstić information content (AvgIpc) is 2.37. The van der Waals surface area contributed by atoms with Gasteiger partial charge in [-0.2, -0.15) is 0 Å². The van der Waals surface area contributed by atoms with E-state index in [4.69, 9.17) is 11.6 Å². The summed E-state index contributed by atoms with van der Waals surface area (Å²) in [5.41, 5.74) is 0. The largest absolute Gasteiger partial charge is 0.366 e. The fourth-order valence-corrected chi connectivity index (χ4v) is 2.05. The minimum atomic E-state index is 0.368. The highest BCUT2D eigenvalue weighted by Crippen LogP contribution is 2.17. The molecule has 102 valence electrons. The van der Waals surface area contributed by atoms with Gasteiger partial charge in [0.25, 0.3) is 0 Å². The second-order valence-electron chi connectivity index (χ2n) is 4.43. The van der Waals surface area contributed by atoms with Gasteiger partial charge in [-0.1, -0.05) is 25.4 Å². The first-order chi connectivity index (χ1) is 8.67. The molecule has 0 aromatic carbocycles. The molecule has 0 spiro atoms. The van der Waals surface area contributed by atoms with E-state index in [9.17, 15) is 0 Å². The maximum Gasteiger partial charge on any atom is 0.148 e. The van der Waals surface area contributed by atoms with E-state index in [0.29, 0.717) is 11.1 Å². The van der Waals surface area contributed by atoms with Crippen LogP contribution < -0.4 is 5.32 Å². The van der Waals surface area contributed by atoms with E-state index in [0.717, 1.165) is 31.9 Å². The van der Waals surface area contributed by atoms with Crippen LogP contribution in [0.2, 0.25) is 5.02 Å². The molecule has 0 amide bonds. The molecule has 1 unspecified atom stereocenters. The zero-order valence-electron chi connectivity index (χ0n) is 11.5. The van der Waals surface area contributed by atoms with Crippen molar-refractivity contribution in [2.45, 2.75) is 39.7 Å². The van der Waals surface area contributed by atoms with Crippen LogP contribution in [0.25, 0.3) is 0 Å². The summed E-state index contributed by atoms with van der Waals surface area (Å²) in [6, 6.07) is 0.368. The van der Waals surface area contributed by atoms with Gasteiger partial charge in [-0.15, -0.1) is 0 Å². The third-order valence-electron chi connectivity index (χ3n) is 3.06. The van der Waals surface area contributed by atoms with E-state index in [1.165, 1.54) is 12.7 Å². The number of nitrogens with zero attached hydrogens (tertiary/aromatic N) is 3. The predicted molar refractivity (Wildman–Crippen MR) is 77.1 cm³/mol. The average molecular weight is 271 g/mol. The molecule has 1 aromatic heterocycles. The second-order valence-corrected chi connectivity index (χ2v) is 4.84. The molecule has 0 aliphatic heterocycles. The molecule has 0 bridgehead atoms. The van der Waals surface area contributed by atoms with Crippen LogP contribution in [0.15, 0.2) is 12.5 Å². The Labute approximate surface area is 115 Å². The molecular weight excluding hydrogens is 248 g/mol. The summed E-state index contributed by atoms with van der Waals surface area (Å²) < 4.78 is 0. The van der Waals surface area contributed by atoms with E-state index < -0.39 is 0 Å². The number of aromatic nitrogens is 2. The highest BCUT2D eigenvalue weighted by molar-refractivity contribution is 6.32. The Hall–Kier alpha value is -0.870. The Morgan fingerprint density at radius 2 is 2.11 bits per heavy atom. The molecule has 0 aliphatic carbocycles. The highest BCUT2D eigenvalue weighted by Gasteiger charge is 2.07. The van der Waals surface area contributed by atoms with Gasteiger partial charge >= 0.3 is 0 Å². The molecule has 1 aromatic rings. The lowest BCUT2D eigenvalue weighted by Crippen LogP contribution is -2.25. The Balaban J connectivity index is 2.30. The van der Waals surface area contributed by atoms with Gasteiger partial charge in [-0.3, -0.25) is 0 Å². The van der Waals surface area contributed by atoms with Crippen LogP contribution in [-0.2, 0) is 0 Å². The van der Waals surface area contributed by atoms with Crippen molar-refractivity contribution in [1.29, 1.82) is 0 Å². The van der Waals surface area contributed by atoms with E-state index in [1.54, 1.807) is 6.20 Å². The minimum Gasteiger partial charge on any atom is -0.366 e. The topological polar surface area (TPSA) is 41.0 Å². The molecule has 1 atom stereocenters. The summed E-state index contributed by atoms with van der Waals surface area (Å²) in [7, 11) is 0. The van der Waals surface area contributed by atoms with Crippen molar-refractivity contribution in [3.8, 4) is 0 Å². The molecule has 0 radical (unpaired) electrons. The van der Waals surface area contributed by atoms with Crippen LogP contribution in [-0.4, -0.2) is 40.5 Å². The summed E-state index contributed by atoms with van der Waals surface area (Å²) in [5, 5.41) is 3.90. The molecule has 0 saturated carbocycles. The van der Waals surface area contributed by atoms with Crippen molar-refractivity contribution >= 4 is 17.4 Å². The summed E-state index contributed by atoms with van der Waals surface area (Å²) in [6.45, 7) is 9.95. The zero-order valence-corrected chi connectivity index (χ0v) is 12.2. The maximum atomic E-state index is 6.00. The van der Waals surface area contributed by atoms with Crippen molar-refractivity contribution in [3.63, 3.8) is 0 Å². The van der Waals surface area contributed by atoms with Gasteiger partial charge in [0, 0.05) is 6.04 Å². The normalized spacial score (nSPS) is 12.7. The van der Waals surface area contributed by atoms with Crippen LogP contribution >= 0.6 is 11.6 Å². The van der Waals surface area contributed by atoms with Crippen LogP contribution in [0.5, 0.6) is 0 Å². The number of anilines is 1. The third kappa shape index (κ3) is 5.19. The SMILES string of the molecule is CCN(CC)CCCC(C)Nc1ncncc1Cl. The van der Waals surface area contributed by atoms with Crippen molar-refractivity contribution in [3.05, 3.63) is 17.5 Å². The van der Waals surface area contributed by atoms with Crippen molar-refractivity contribution < 1.29 is 0 Å². The van der Waals surface area contributed by atoms with Crippen LogP contribution in [0.3, 0.4) is 0 Å². The molecular formula is C13H23ClN4. The first-order valence-electron chi connectivity index (χ1n) is 6.61. The van der Waals surface area contributed by atoms with Crippen molar-refractivity contribution in [1.82, 2.24) is 14.9 Å². The zero-order chi connectivity index (χ0) is 13.4. The van der Waals surface area contributed by atoms with Crippen LogP contribution in [0, 0.1) is 0 Å². The first kappa shape index (κ1) is 15.2. The Morgan fingerprint density at radius 1 is 1.39 bits per heavy atom. The van der Waals surface area contributed by atoms with Crippen LogP contribution in [0.4, 0.5) is 5.82 Å². The van der Waals surface area contributed by atoms with Gasteiger partial charge in [-0.05, 0) is 39.4 Å². The lowest BCUT2D eigenvalue weighted by molar-refractivity contribution is 0.295. The summed E-state index contributed by atoms with van der Waals surface area (Å²) >= 11 is 6.00. The van der Waals surface area contributed by atoms with Crippen molar-refractivity contribution in [2.75, 3.05) is 25.0 Å². The fraction of sp³-hybridized carbons (Fsp3) is 0.692. The number of rotatable bonds is 8. The highest BCUT2D eigenvalue weighted by atomic mass is 35.5. The van der Waals surface area contributed by atoms with Gasteiger partial charge in [0.2, 0.25) is 0 Å².